The number of benzene rings is 2. The quantitative estimate of drug-likeness (QED) is 0.452. The van der Waals surface area contributed by atoms with Gasteiger partial charge in [-0.05, 0) is 60.0 Å². The van der Waals surface area contributed by atoms with Crippen LogP contribution < -0.4 is 20.1 Å². The van der Waals surface area contributed by atoms with Crippen molar-refractivity contribution in [1.29, 1.82) is 0 Å². The minimum Gasteiger partial charge on any atom is -0.493 e. The summed E-state index contributed by atoms with van der Waals surface area (Å²) in [5.74, 6) is 1.50. The molecule has 9 heteroatoms. The maximum atomic E-state index is 13.5. The van der Waals surface area contributed by atoms with Crippen LogP contribution in [0.15, 0.2) is 53.7 Å². The number of unbranched alkanes of at least 4 members (excludes halogenated alkanes) is 2. The molecule has 1 aliphatic rings. The predicted molar refractivity (Wildman–Crippen MR) is 130 cm³/mol. The maximum Gasteiger partial charge on any atom is 0.255 e. The van der Waals surface area contributed by atoms with E-state index in [4.69, 9.17) is 9.47 Å². The lowest BCUT2D eigenvalue weighted by Gasteiger charge is -2.28. The van der Waals surface area contributed by atoms with Gasteiger partial charge in [0.05, 0.1) is 19.3 Å². The second-order valence-corrected chi connectivity index (χ2v) is 8.25. The number of para-hydroxylation sites is 1. The van der Waals surface area contributed by atoms with Crippen molar-refractivity contribution < 1.29 is 14.3 Å². The van der Waals surface area contributed by atoms with E-state index < -0.39 is 6.04 Å². The van der Waals surface area contributed by atoms with Crippen LogP contribution in [0, 0.1) is 6.92 Å². The van der Waals surface area contributed by atoms with E-state index in [1.165, 1.54) is 0 Å². The molecule has 2 heterocycles. The molecule has 0 saturated carbocycles. The Kier molecular flexibility index (Phi) is 7.10. The number of nitrogens with one attached hydrogen (secondary N) is 2. The number of methoxy groups -OCH3 is 1. The third-order valence-corrected chi connectivity index (χ3v) is 5.86. The molecular weight excluding hydrogens is 432 g/mol. The van der Waals surface area contributed by atoms with Gasteiger partial charge in [0, 0.05) is 11.4 Å². The van der Waals surface area contributed by atoms with Crippen molar-refractivity contribution in [3.8, 4) is 11.5 Å². The van der Waals surface area contributed by atoms with E-state index in [0.717, 1.165) is 36.1 Å². The Labute approximate surface area is 199 Å². The molecule has 1 aromatic heterocycles. The van der Waals surface area contributed by atoms with Crippen LogP contribution in [0.5, 0.6) is 11.5 Å². The molecule has 1 amide bonds. The summed E-state index contributed by atoms with van der Waals surface area (Å²) < 4.78 is 13.2. The topological polar surface area (TPSA) is 103 Å². The molecule has 9 nitrogen and oxygen atoms in total. The Hall–Kier alpha value is -3.88. The number of aromatic nitrogens is 4. The smallest absolute Gasteiger partial charge is 0.255 e. The lowest BCUT2D eigenvalue weighted by molar-refractivity contribution is -0.113. The number of amides is 1. The van der Waals surface area contributed by atoms with E-state index in [1.807, 2.05) is 56.3 Å². The molecule has 0 fully saturated rings. The Balaban J connectivity index is 1.69. The van der Waals surface area contributed by atoms with Crippen molar-refractivity contribution in [3.05, 3.63) is 64.9 Å². The zero-order chi connectivity index (χ0) is 24.1. The van der Waals surface area contributed by atoms with Gasteiger partial charge < -0.3 is 20.1 Å². The molecule has 4 rings (SSSR count). The van der Waals surface area contributed by atoms with Crippen LogP contribution in [0.4, 0.5) is 11.6 Å². The molecule has 0 bridgehead atoms. The number of nitrogens with zero attached hydrogens (tertiary/aromatic N) is 4. The van der Waals surface area contributed by atoms with Crippen LogP contribution in [0.25, 0.3) is 0 Å². The van der Waals surface area contributed by atoms with E-state index >= 15 is 0 Å². The molecule has 1 atom stereocenters. The molecule has 2 aromatic carbocycles. The molecule has 2 N–H and O–H groups in total. The molecule has 0 radical (unpaired) electrons. The van der Waals surface area contributed by atoms with Crippen LogP contribution in [0.2, 0.25) is 0 Å². The van der Waals surface area contributed by atoms with Gasteiger partial charge in [0.25, 0.3) is 5.91 Å². The third kappa shape index (κ3) is 4.73. The summed E-state index contributed by atoms with van der Waals surface area (Å²) in [7, 11) is 1.61. The SMILES string of the molecule is CCCCCOc1ccc([C@H]2C(C(=O)Nc3ccccc3C)=C(C)Nc3nnnn32)cc1OC. The monoisotopic (exact) mass is 462 g/mol. The average Bonchev–Trinajstić information content (AvgIpc) is 3.30. The van der Waals surface area contributed by atoms with Gasteiger partial charge in [0.15, 0.2) is 11.5 Å². The summed E-state index contributed by atoms with van der Waals surface area (Å²) in [6.45, 7) is 6.58. The predicted octanol–water partition coefficient (Wildman–Crippen LogP) is 4.49. The molecular formula is C25H30N6O3. The van der Waals surface area contributed by atoms with Gasteiger partial charge in [0.2, 0.25) is 5.95 Å². The standard InChI is InChI=1S/C25H30N6O3/c1-5-6-9-14-34-20-13-12-18(15-21(20)33-4)23-22(17(3)26-25-28-29-30-31(23)25)24(32)27-19-11-8-7-10-16(19)2/h7-8,10-13,15,23H,5-6,9,14H2,1-4H3,(H,27,32)(H,26,28,30)/t23-/m0/s1. The number of carbonyl (C=O) groups is 1. The summed E-state index contributed by atoms with van der Waals surface area (Å²) in [5, 5.41) is 18.2. The summed E-state index contributed by atoms with van der Waals surface area (Å²) in [4.78, 5) is 13.5. The van der Waals surface area contributed by atoms with Crippen molar-refractivity contribution in [2.24, 2.45) is 0 Å². The maximum absolute atomic E-state index is 13.5. The molecule has 178 valence electrons. The summed E-state index contributed by atoms with van der Waals surface area (Å²) >= 11 is 0. The number of anilines is 2. The van der Waals surface area contributed by atoms with Gasteiger partial charge >= 0.3 is 0 Å². The second-order valence-electron chi connectivity index (χ2n) is 8.25. The van der Waals surface area contributed by atoms with E-state index in [-0.39, 0.29) is 5.91 Å². The Morgan fingerprint density at radius 3 is 2.74 bits per heavy atom. The molecule has 1 aliphatic heterocycles. The number of ether oxygens (including phenoxy) is 2. The summed E-state index contributed by atoms with van der Waals surface area (Å²) in [6.07, 6.45) is 3.22. The first kappa shape index (κ1) is 23.3. The first-order valence-electron chi connectivity index (χ1n) is 11.5. The lowest BCUT2D eigenvalue weighted by atomic mass is 9.94. The van der Waals surface area contributed by atoms with Crippen LogP contribution in [0.1, 0.15) is 50.3 Å². The highest BCUT2D eigenvalue weighted by Crippen LogP contribution is 2.38. The first-order chi connectivity index (χ1) is 16.5. The highest BCUT2D eigenvalue weighted by molar-refractivity contribution is 6.06. The first-order valence-corrected chi connectivity index (χ1v) is 11.5. The van der Waals surface area contributed by atoms with E-state index in [9.17, 15) is 4.79 Å². The van der Waals surface area contributed by atoms with Crippen LogP contribution in [-0.2, 0) is 4.79 Å². The fourth-order valence-corrected chi connectivity index (χ4v) is 4.03. The minimum absolute atomic E-state index is 0.232. The van der Waals surface area contributed by atoms with Gasteiger partial charge in [-0.1, -0.05) is 49.1 Å². The van der Waals surface area contributed by atoms with Gasteiger partial charge in [-0.2, -0.15) is 4.68 Å². The molecule has 34 heavy (non-hydrogen) atoms. The zero-order valence-electron chi connectivity index (χ0n) is 20.0. The molecule has 0 aliphatic carbocycles. The molecule has 0 spiro atoms. The highest BCUT2D eigenvalue weighted by atomic mass is 16.5. The Morgan fingerprint density at radius 2 is 1.97 bits per heavy atom. The number of rotatable bonds is 9. The number of hydrogen-bond donors (Lipinski definition) is 2. The molecule has 3 aromatic rings. The van der Waals surface area contributed by atoms with Crippen molar-refractivity contribution in [1.82, 2.24) is 20.2 Å². The summed E-state index contributed by atoms with van der Waals surface area (Å²) in [5.41, 5.74) is 3.73. The minimum atomic E-state index is -0.543. The summed E-state index contributed by atoms with van der Waals surface area (Å²) in [6, 6.07) is 12.8. The third-order valence-electron chi connectivity index (χ3n) is 5.86. The van der Waals surface area contributed by atoms with Gasteiger partial charge in [-0.25, -0.2) is 0 Å². The van der Waals surface area contributed by atoms with Crippen LogP contribution in [0.3, 0.4) is 0 Å². The average molecular weight is 463 g/mol. The van der Waals surface area contributed by atoms with Crippen LogP contribution >= 0.6 is 0 Å². The number of tetrazole rings is 1. The lowest BCUT2D eigenvalue weighted by Crippen LogP contribution is -2.31. The second kappa shape index (κ2) is 10.4. The number of hydrogen-bond acceptors (Lipinski definition) is 7. The fourth-order valence-electron chi connectivity index (χ4n) is 4.03. The number of fused-ring (bicyclic) bond motifs is 1. The Morgan fingerprint density at radius 1 is 1.15 bits per heavy atom. The van der Waals surface area contributed by atoms with Crippen molar-refractivity contribution in [2.45, 2.75) is 46.1 Å². The fraction of sp³-hybridized carbons (Fsp3) is 0.360. The molecule has 0 unspecified atom stereocenters. The van der Waals surface area contributed by atoms with Gasteiger partial charge in [-0.3, -0.25) is 4.79 Å². The normalized spacial score (nSPS) is 14.9. The van der Waals surface area contributed by atoms with Gasteiger partial charge in [-0.15, -0.1) is 0 Å². The van der Waals surface area contributed by atoms with Crippen molar-refractivity contribution >= 4 is 17.5 Å². The number of allylic oxidation sites excluding steroid dienone is 1. The van der Waals surface area contributed by atoms with E-state index in [0.29, 0.717) is 35.3 Å². The highest BCUT2D eigenvalue weighted by Gasteiger charge is 2.34. The Bertz CT molecular complexity index is 1200. The van der Waals surface area contributed by atoms with E-state index in [2.05, 4.69) is 33.1 Å². The molecule has 0 saturated heterocycles. The van der Waals surface area contributed by atoms with Crippen LogP contribution in [-0.4, -0.2) is 39.8 Å². The zero-order valence-corrected chi connectivity index (χ0v) is 20.0. The van der Waals surface area contributed by atoms with Crippen molar-refractivity contribution in [2.75, 3.05) is 24.4 Å². The number of aryl methyl sites for hydroxylation is 1. The van der Waals surface area contributed by atoms with E-state index in [1.54, 1.807) is 11.8 Å². The van der Waals surface area contributed by atoms with Crippen molar-refractivity contribution in [3.63, 3.8) is 0 Å². The van der Waals surface area contributed by atoms with Gasteiger partial charge in [0.1, 0.15) is 6.04 Å². The largest absolute Gasteiger partial charge is 0.493 e. The number of carbonyl (C=O) groups excluding carboxylic acids is 1.